The Balaban J connectivity index is 1.79. The van der Waals surface area contributed by atoms with Crippen LogP contribution in [0.5, 0.6) is 0 Å². The van der Waals surface area contributed by atoms with Crippen LogP contribution in [0.4, 0.5) is 0 Å². The summed E-state index contributed by atoms with van der Waals surface area (Å²) in [4.78, 5) is 10.7. The monoisotopic (exact) mass is 423 g/mol. The number of thiophene rings is 1. The van der Waals surface area contributed by atoms with Crippen molar-refractivity contribution in [1.82, 2.24) is 19.7 Å². The normalized spacial score (nSPS) is 15.6. The molecule has 0 saturated carbocycles. The lowest BCUT2D eigenvalue weighted by Gasteiger charge is -2.11. The van der Waals surface area contributed by atoms with Gasteiger partial charge in [0.05, 0.1) is 18.3 Å². The first-order valence-corrected chi connectivity index (χ1v) is 10.5. The van der Waals surface area contributed by atoms with Gasteiger partial charge in [-0.1, -0.05) is 23.7 Å². The van der Waals surface area contributed by atoms with Gasteiger partial charge in [0.2, 0.25) is 0 Å². The van der Waals surface area contributed by atoms with Crippen molar-refractivity contribution in [2.75, 3.05) is 0 Å². The number of nitrogens with zero attached hydrogens (tertiary/aromatic N) is 5. The number of halogens is 1. The molecule has 0 fully saturated rings. The molecule has 4 aromatic rings. The second-order valence-electron chi connectivity index (χ2n) is 7.04. The Kier molecular flexibility index (Phi) is 4.37. The number of aryl methyl sites for hydroxylation is 2. The van der Waals surface area contributed by atoms with Crippen molar-refractivity contribution in [3.63, 3.8) is 0 Å². The van der Waals surface area contributed by atoms with Crippen LogP contribution < -0.4 is 0 Å². The van der Waals surface area contributed by atoms with Gasteiger partial charge in [-0.3, -0.25) is 9.56 Å². The van der Waals surface area contributed by atoms with Gasteiger partial charge in [0, 0.05) is 21.0 Å². The summed E-state index contributed by atoms with van der Waals surface area (Å²) < 4.78 is 7.62. The second-order valence-corrected chi connectivity index (χ2v) is 8.68. The molecule has 1 aromatic carbocycles. The molecule has 0 bridgehead atoms. The molecule has 6 nitrogen and oxygen atoms in total. The van der Waals surface area contributed by atoms with Gasteiger partial charge in [0.1, 0.15) is 23.1 Å². The molecule has 0 saturated heterocycles. The molecule has 5 rings (SSSR count). The third-order valence-electron chi connectivity index (χ3n) is 5.19. The molecule has 1 atom stereocenters. The molecule has 146 valence electrons. The molecule has 0 amide bonds. The van der Waals surface area contributed by atoms with Gasteiger partial charge in [-0.05, 0) is 38.5 Å². The highest BCUT2D eigenvalue weighted by Crippen LogP contribution is 2.39. The zero-order chi connectivity index (χ0) is 20.1. The van der Waals surface area contributed by atoms with E-state index in [4.69, 9.17) is 21.0 Å². The van der Waals surface area contributed by atoms with E-state index in [0.29, 0.717) is 17.3 Å². The van der Waals surface area contributed by atoms with Crippen molar-refractivity contribution >= 4 is 28.6 Å². The van der Waals surface area contributed by atoms with Crippen LogP contribution in [0.25, 0.3) is 5.00 Å². The van der Waals surface area contributed by atoms with E-state index in [9.17, 15) is 0 Å². The summed E-state index contributed by atoms with van der Waals surface area (Å²) in [6.45, 7) is 6.24. The Morgan fingerprint density at radius 1 is 1.21 bits per heavy atom. The Morgan fingerprint density at radius 3 is 2.83 bits per heavy atom. The summed E-state index contributed by atoms with van der Waals surface area (Å²) in [7, 11) is 0. The Bertz CT molecular complexity index is 1240. The summed E-state index contributed by atoms with van der Waals surface area (Å²) in [5.74, 6) is 2.25. The number of hydrogen-bond donors (Lipinski definition) is 0. The number of benzene rings is 1. The molecule has 0 spiro atoms. The largest absolute Gasteiger partial charge is 0.449 e. The van der Waals surface area contributed by atoms with Gasteiger partial charge in [0.25, 0.3) is 0 Å². The number of oxazole rings is 1. The zero-order valence-corrected chi connectivity index (χ0v) is 17.8. The van der Waals surface area contributed by atoms with Crippen molar-refractivity contribution in [3.8, 4) is 5.00 Å². The molecular formula is C21H18ClN5OS. The SMILES string of the molecule is Cc1sc2c(c1C)C(c1cccc(Cl)c1)=N[C@@H](Cc1ncco1)c1nnc(C)n1-2. The third-order valence-corrected chi connectivity index (χ3v) is 6.62. The van der Waals surface area contributed by atoms with E-state index in [0.717, 1.165) is 33.5 Å². The van der Waals surface area contributed by atoms with Crippen molar-refractivity contribution < 1.29 is 4.42 Å². The molecule has 3 aromatic heterocycles. The molecule has 29 heavy (non-hydrogen) atoms. The third kappa shape index (κ3) is 3.01. The molecule has 4 heterocycles. The maximum Gasteiger partial charge on any atom is 0.196 e. The average molecular weight is 424 g/mol. The van der Waals surface area contributed by atoms with E-state index in [-0.39, 0.29) is 6.04 Å². The lowest BCUT2D eigenvalue weighted by Crippen LogP contribution is -2.09. The highest BCUT2D eigenvalue weighted by atomic mass is 35.5. The van der Waals surface area contributed by atoms with Crippen LogP contribution in [-0.4, -0.2) is 25.5 Å². The van der Waals surface area contributed by atoms with Gasteiger partial charge in [-0.2, -0.15) is 0 Å². The highest BCUT2D eigenvalue weighted by molar-refractivity contribution is 7.15. The van der Waals surface area contributed by atoms with Gasteiger partial charge in [-0.15, -0.1) is 21.5 Å². The second kappa shape index (κ2) is 6.93. The lowest BCUT2D eigenvalue weighted by molar-refractivity contribution is 0.467. The average Bonchev–Trinajstić information content (AvgIpc) is 3.38. The van der Waals surface area contributed by atoms with E-state index in [1.165, 1.54) is 10.4 Å². The number of rotatable bonds is 3. The summed E-state index contributed by atoms with van der Waals surface area (Å²) in [5, 5.41) is 10.6. The molecule has 0 unspecified atom stereocenters. The predicted molar refractivity (Wildman–Crippen MR) is 113 cm³/mol. The molecule has 1 aliphatic rings. The standard InChI is InChI=1S/C21H18ClN5OS/c1-11-12(2)29-21-18(11)19(14-5-4-6-15(22)9-14)24-16(10-17-23-7-8-28-17)20-26-25-13(3)27(20)21/h4-9,16H,10H2,1-3H3/t16-/m0/s1. The van der Waals surface area contributed by atoms with Gasteiger partial charge < -0.3 is 4.42 Å². The van der Waals surface area contributed by atoms with Crippen LogP contribution in [-0.2, 0) is 6.42 Å². The molecular weight excluding hydrogens is 406 g/mol. The molecule has 8 heteroatoms. The van der Waals surface area contributed by atoms with Crippen molar-refractivity contribution in [2.24, 2.45) is 4.99 Å². The fourth-order valence-electron chi connectivity index (χ4n) is 3.68. The topological polar surface area (TPSA) is 69.1 Å². The van der Waals surface area contributed by atoms with E-state index < -0.39 is 0 Å². The number of fused-ring (bicyclic) bond motifs is 3. The van der Waals surface area contributed by atoms with Crippen molar-refractivity contribution in [1.29, 1.82) is 0 Å². The van der Waals surface area contributed by atoms with Crippen LogP contribution in [0.3, 0.4) is 0 Å². The van der Waals surface area contributed by atoms with Crippen LogP contribution >= 0.6 is 22.9 Å². The maximum atomic E-state index is 6.32. The maximum absolute atomic E-state index is 6.32. The van der Waals surface area contributed by atoms with Gasteiger partial charge in [0.15, 0.2) is 11.7 Å². The fourth-order valence-corrected chi connectivity index (χ4v) is 5.08. The smallest absolute Gasteiger partial charge is 0.196 e. The van der Waals surface area contributed by atoms with Crippen LogP contribution in [0.1, 0.15) is 45.1 Å². The Morgan fingerprint density at radius 2 is 2.07 bits per heavy atom. The van der Waals surface area contributed by atoms with Crippen LogP contribution in [0.2, 0.25) is 5.02 Å². The predicted octanol–water partition coefficient (Wildman–Crippen LogP) is 5.03. The molecule has 0 N–H and O–H groups in total. The van der Waals surface area contributed by atoms with Crippen molar-refractivity contribution in [3.05, 3.63) is 80.9 Å². The van der Waals surface area contributed by atoms with E-state index in [1.807, 2.05) is 31.2 Å². The first-order chi connectivity index (χ1) is 14.0. The van der Waals surface area contributed by atoms with Crippen LogP contribution in [0.15, 0.2) is 46.1 Å². The quantitative estimate of drug-likeness (QED) is 0.463. The summed E-state index contributed by atoms with van der Waals surface area (Å²) in [6.07, 6.45) is 3.73. The minimum atomic E-state index is -0.275. The zero-order valence-electron chi connectivity index (χ0n) is 16.2. The molecule has 0 aliphatic carbocycles. The highest BCUT2D eigenvalue weighted by Gasteiger charge is 2.32. The number of aliphatic imine (C=N–C) groups is 1. The van der Waals surface area contributed by atoms with Crippen LogP contribution in [0, 0.1) is 20.8 Å². The lowest BCUT2D eigenvalue weighted by atomic mass is 9.99. The molecule has 1 aliphatic heterocycles. The molecule has 0 radical (unpaired) electrons. The number of aromatic nitrogens is 4. The first kappa shape index (κ1) is 18.3. The first-order valence-electron chi connectivity index (χ1n) is 9.27. The Hall–Kier alpha value is -2.77. The van der Waals surface area contributed by atoms with E-state index in [2.05, 4.69) is 33.6 Å². The summed E-state index contributed by atoms with van der Waals surface area (Å²) in [5.41, 5.74) is 4.20. The summed E-state index contributed by atoms with van der Waals surface area (Å²) >= 11 is 8.05. The number of hydrogen-bond acceptors (Lipinski definition) is 6. The minimum Gasteiger partial charge on any atom is -0.449 e. The van der Waals surface area contributed by atoms with Gasteiger partial charge >= 0.3 is 0 Å². The minimum absolute atomic E-state index is 0.275. The van der Waals surface area contributed by atoms with Gasteiger partial charge in [-0.25, -0.2) is 4.98 Å². The van der Waals surface area contributed by atoms with E-state index in [1.54, 1.807) is 23.8 Å². The Labute approximate surface area is 176 Å². The van der Waals surface area contributed by atoms with Crippen molar-refractivity contribution in [2.45, 2.75) is 33.2 Å². The summed E-state index contributed by atoms with van der Waals surface area (Å²) in [6, 6.07) is 7.55. The fraction of sp³-hybridized carbons (Fsp3) is 0.238. The van der Waals surface area contributed by atoms with E-state index >= 15 is 0 Å².